The number of hydrogen-bond acceptors (Lipinski definition) is 2. The molecule has 0 spiro atoms. The number of aliphatic imine (C=N–C) groups is 1. The lowest BCUT2D eigenvalue weighted by molar-refractivity contribution is 0.553. The van der Waals surface area contributed by atoms with Crippen molar-refractivity contribution in [3.05, 3.63) is 54.4 Å². The zero-order chi connectivity index (χ0) is 13.8. The number of hydrogen-bond donors (Lipinski definition) is 1. The second kappa shape index (κ2) is 5.74. The van der Waals surface area contributed by atoms with Crippen LogP contribution in [0.2, 0.25) is 0 Å². The fraction of sp³-hybridized carbons (Fsp3) is 0.312. The summed E-state index contributed by atoms with van der Waals surface area (Å²) in [6, 6.07) is 6.21. The number of anilines is 1. The van der Waals surface area contributed by atoms with Crippen LogP contribution < -0.4 is 5.73 Å². The average molecular weight is 255 g/mol. The number of nitrogens with two attached hydrogens (primary N) is 1. The lowest BCUT2D eigenvalue weighted by atomic mass is 9.96. The Hall–Kier alpha value is -2.03. The van der Waals surface area contributed by atoms with Crippen molar-refractivity contribution in [1.82, 2.24) is 4.90 Å². The zero-order valence-corrected chi connectivity index (χ0v) is 11.5. The number of fused-ring (bicyclic) bond motifs is 1. The summed E-state index contributed by atoms with van der Waals surface area (Å²) in [7, 11) is 1.96. The van der Waals surface area contributed by atoms with Crippen LogP contribution in [0, 0.1) is 0 Å². The van der Waals surface area contributed by atoms with Gasteiger partial charge in [-0.2, -0.15) is 0 Å². The van der Waals surface area contributed by atoms with Gasteiger partial charge in [0.2, 0.25) is 0 Å². The molecule has 0 heterocycles. The van der Waals surface area contributed by atoms with E-state index >= 15 is 0 Å². The van der Waals surface area contributed by atoms with Crippen LogP contribution >= 0.6 is 0 Å². The highest BCUT2D eigenvalue weighted by Gasteiger charge is 2.24. The van der Waals surface area contributed by atoms with E-state index in [0.717, 1.165) is 30.6 Å². The molecular weight excluding hydrogens is 234 g/mol. The molecule has 0 aliphatic heterocycles. The predicted octanol–water partition coefficient (Wildman–Crippen LogP) is 3.31. The highest BCUT2D eigenvalue weighted by molar-refractivity contribution is 5.58. The van der Waals surface area contributed by atoms with E-state index in [0.29, 0.717) is 5.92 Å². The monoisotopic (exact) mass is 255 g/mol. The molecule has 0 fully saturated rings. The third kappa shape index (κ3) is 2.87. The lowest BCUT2D eigenvalue weighted by Crippen LogP contribution is -2.16. The van der Waals surface area contributed by atoms with Crippen LogP contribution in [-0.2, 0) is 6.42 Å². The van der Waals surface area contributed by atoms with Gasteiger partial charge in [-0.05, 0) is 42.4 Å². The third-order valence-corrected chi connectivity index (χ3v) is 3.76. The van der Waals surface area contributed by atoms with Crippen molar-refractivity contribution in [3.8, 4) is 0 Å². The second-order valence-corrected chi connectivity index (χ2v) is 4.98. The van der Waals surface area contributed by atoms with Crippen LogP contribution in [0.1, 0.15) is 29.9 Å². The summed E-state index contributed by atoms with van der Waals surface area (Å²) in [6.45, 7) is 7.70. The van der Waals surface area contributed by atoms with Gasteiger partial charge in [0.05, 0.1) is 6.34 Å². The molecule has 2 rings (SSSR count). The standard InChI is InChI=1S/C16H21N3/c1-4-18-11-19(3)12(2)10-13-8-9-15-14(13)6-5-7-16(15)17/h4-7,11,13H,1-2,8-10,17H2,3H3. The Labute approximate surface area is 115 Å². The van der Waals surface area contributed by atoms with E-state index < -0.39 is 0 Å². The minimum absolute atomic E-state index is 0.519. The highest BCUT2D eigenvalue weighted by Crippen LogP contribution is 2.39. The van der Waals surface area contributed by atoms with Gasteiger partial charge in [0.15, 0.2) is 0 Å². The molecule has 1 atom stereocenters. The molecule has 0 saturated heterocycles. The summed E-state index contributed by atoms with van der Waals surface area (Å²) in [5.41, 5.74) is 10.7. The van der Waals surface area contributed by atoms with E-state index in [4.69, 9.17) is 5.73 Å². The Balaban J connectivity index is 2.07. The van der Waals surface area contributed by atoms with Crippen LogP contribution in [0.3, 0.4) is 0 Å². The summed E-state index contributed by atoms with van der Waals surface area (Å²) in [4.78, 5) is 5.96. The maximum atomic E-state index is 6.03. The molecule has 19 heavy (non-hydrogen) atoms. The van der Waals surface area contributed by atoms with Crippen molar-refractivity contribution in [2.24, 2.45) is 4.99 Å². The smallest absolute Gasteiger partial charge is 0.0943 e. The highest BCUT2D eigenvalue weighted by atomic mass is 15.1. The molecular formula is C16H21N3. The van der Waals surface area contributed by atoms with Crippen molar-refractivity contribution in [2.75, 3.05) is 12.8 Å². The average Bonchev–Trinajstić information content (AvgIpc) is 2.80. The van der Waals surface area contributed by atoms with E-state index in [1.807, 2.05) is 24.1 Å². The second-order valence-electron chi connectivity index (χ2n) is 4.98. The number of allylic oxidation sites excluding steroid dienone is 1. The van der Waals surface area contributed by atoms with Gasteiger partial charge in [0, 0.05) is 24.6 Å². The molecule has 0 saturated carbocycles. The Morgan fingerprint density at radius 1 is 1.58 bits per heavy atom. The first-order valence-electron chi connectivity index (χ1n) is 6.55. The van der Waals surface area contributed by atoms with Crippen LogP contribution in [0.25, 0.3) is 0 Å². The number of nitrogens with zero attached hydrogens (tertiary/aromatic N) is 2. The molecule has 3 heteroatoms. The van der Waals surface area contributed by atoms with E-state index in [-0.39, 0.29) is 0 Å². The van der Waals surface area contributed by atoms with E-state index in [2.05, 4.69) is 24.2 Å². The van der Waals surface area contributed by atoms with Crippen LogP contribution in [0.4, 0.5) is 5.69 Å². The SMILES string of the molecule is C=CN=CN(C)C(=C)CC1CCc2c(N)cccc21. The Morgan fingerprint density at radius 3 is 3.11 bits per heavy atom. The van der Waals surface area contributed by atoms with E-state index in [1.54, 1.807) is 6.34 Å². The minimum Gasteiger partial charge on any atom is -0.398 e. The summed E-state index contributed by atoms with van der Waals surface area (Å²) in [5.74, 6) is 0.519. The largest absolute Gasteiger partial charge is 0.398 e. The van der Waals surface area contributed by atoms with E-state index in [9.17, 15) is 0 Å². The molecule has 1 aromatic carbocycles. The fourth-order valence-electron chi connectivity index (χ4n) is 2.64. The summed E-state index contributed by atoms with van der Waals surface area (Å²) >= 11 is 0. The summed E-state index contributed by atoms with van der Waals surface area (Å²) < 4.78 is 0. The molecule has 0 amide bonds. The molecule has 0 bridgehead atoms. The first kappa shape index (κ1) is 13.4. The number of rotatable bonds is 5. The van der Waals surface area contributed by atoms with E-state index in [1.165, 1.54) is 17.3 Å². The van der Waals surface area contributed by atoms with Crippen molar-refractivity contribution >= 4 is 12.0 Å². The molecule has 100 valence electrons. The zero-order valence-electron chi connectivity index (χ0n) is 11.5. The van der Waals surface area contributed by atoms with Crippen LogP contribution in [0.15, 0.2) is 48.2 Å². The Kier molecular flexibility index (Phi) is 4.05. The molecule has 2 N–H and O–H groups in total. The minimum atomic E-state index is 0.519. The first-order chi connectivity index (χ1) is 9.13. The molecule has 1 aliphatic rings. The van der Waals surface area contributed by atoms with Gasteiger partial charge < -0.3 is 10.6 Å². The van der Waals surface area contributed by atoms with Crippen molar-refractivity contribution < 1.29 is 0 Å². The normalized spacial score (nSPS) is 17.4. The first-order valence-corrected chi connectivity index (χ1v) is 6.55. The maximum absolute atomic E-state index is 6.03. The van der Waals surface area contributed by atoms with Crippen LogP contribution in [0.5, 0.6) is 0 Å². The molecule has 1 unspecified atom stereocenters. The molecule has 0 aromatic heterocycles. The summed E-state index contributed by atoms with van der Waals surface area (Å²) in [6.07, 6.45) is 6.43. The molecule has 0 radical (unpaired) electrons. The van der Waals surface area contributed by atoms with Gasteiger partial charge in [-0.3, -0.25) is 0 Å². The third-order valence-electron chi connectivity index (χ3n) is 3.76. The van der Waals surface area contributed by atoms with Crippen molar-refractivity contribution in [3.63, 3.8) is 0 Å². The maximum Gasteiger partial charge on any atom is 0.0943 e. The van der Waals surface area contributed by atoms with Crippen molar-refractivity contribution in [1.29, 1.82) is 0 Å². The quantitative estimate of drug-likeness (QED) is 0.498. The number of nitrogen functional groups attached to an aromatic ring is 1. The predicted molar refractivity (Wildman–Crippen MR) is 82.1 cm³/mol. The Bertz CT molecular complexity index is 517. The van der Waals surface area contributed by atoms with Crippen LogP contribution in [-0.4, -0.2) is 18.3 Å². The summed E-state index contributed by atoms with van der Waals surface area (Å²) in [5, 5.41) is 0. The molecule has 1 aromatic rings. The van der Waals surface area contributed by atoms with Gasteiger partial charge in [0.25, 0.3) is 0 Å². The van der Waals surface area contributed by atoms with Gasteiger partial charge in [-0.15, -0.1) is 0 Å². The Morgan fingerprint density at radius 2 is 2.37 bits per heavy atom. The van der Waals surface area contributed by atoms with Gasteiger partial charge in [0.1, 0.15) is 0 Å². The van der Waals surface area contributed by atoms with Gasteiger partial charge in [-0.1, -0.05) is 25.3 Å². The lowest BCUT2D eigenvalue weighted by Gasteiger charge is -2.20. The van der Waals surface area contributed by atoms with Gasteiger partial charge in [-0.25, -0.2) is 4.99 Å². The van der Waals surface area contributed by atoms with Gasteiger partial charge >= 0.3 is 0 Å². The number of benzene rings is 1. The molecule has 3 nitrogen and oxygen atoms in total. The fourth-order valence-corrected chi connectivity index (χ4v) is 2.64. The topological polar surface area (TPSA) is 41.6 Å². The van der Waals surface area contributed by atoms with Crippen molar-refractivity contribution in [2.45, 2.75) is 25.2 Å². The molecule has 1 aliphatic carbocycles.